The van der Waals surface area contributed by atoms with Gasteiger partial charge in [-0.25, -0.2) is 0 Å². The maximum absolute atomic E-state index is 5.81. The molecule has 1 aliphatic carbocycles. The van der Waals surface area contributed by atoms with E-state index in [0.29, 0.717) is 17.9 Å². The number of hydrogen-bond donors (Lipinski definition) is 0. The Morgan fingerprint density at radius 3 is 2.38 bits per heavy atom. The summed E-state index contributed by atoms with van der Waals surface area (Å²) in [6.07, 6.45) is 2.95. The van der Waals surface area contributed by atoms with E-state index < -0.39 is 0 Å². The molecular weight excluding hydrogens is 275 g/mol. The molecule has 1 saturated carbocycles. The number of alkyl halides is 3. The molecule has 0 aromatic heterocycles. The van der Waals surface area contributed by atoms with Crippen molar-refractivity contribution in [2.75, 3.05) is 11.8 Å². The molecule has 13 heavy (non-hydrogen) atoms. The largest absolute Gasteiger partial charge is 0.373 e. The molecular formula is C9H15BrCl2O. The van der Waals surface area contributed by atoms with Crippen LogP contribution in [0.2, 0.25) is 0 Å². The van der Waals surface area contributed by atoms with E-state index in [1.54, 1.807) is 0 Å². The molecule has 0 radical (unpaired) electrons. The van der Waals surface area contributed by atoms with Gasteiger partial charge >= 0.3 is 0 Å². The van der Waals surface area contributed by atoms with Gasteiger partial charge in [0.25, 0.3) is 0 Å². The molecule has 0 aromatic rings. The highest BCUT2D eigenvalue weighted by Crippen LogP contribution is 2.35. The van der Waals surface area contributed by atoms with Crippen LogP contribution in [0.15, 0.2) is 0 Å². The third-order valence-corrected chi connectivity index (χ3v) is 4.30. The lowest BCUT2D eigenvalue weighted by atomic mass is 10.2. The van der Waals surface area contributed by atoms with Crippen molar-refractivity contribution in [3.8, 4) is 0 Å². The molecule has 1 nitrogen and oxygen atoms in total. The fourth-order valence-electron chi connectivity index (χ4n) is 1.27. The van der Waals surface area contributed by atoms with Gasteiger partial charge in [0.1, 0.15) is 0 Å². The van der Waals surface area contributed by atoms with Gasteiger partial charge in [0, 0.05) is 11.8 Å². The van der Waals surface area contributed by atoms with Crippen molar-refractivity contribution in [3.05, 3.63) is 0 Å². The summed E-state index contributed by atoms with van der Waals surface area (Å²) in [5.41, 5.74) is 0. The SMILES string of the molecule is CC(OC(CCl)C(Br)CCl)C1CC1. The summed E-state index contributed by atoms with van der Waals surface area (Å²) in [5.74, 6) is 1.79. The minimum atomic E-state index is 0.0368. The van der Waals surface area contributed by atoms with Crippen LogP contribution in [0, 0.1) is 5.92 Å². The van der Waals surface area contributed by atoms with Crippen LogP contribution in [-0.4, -0.2) is 28.8 Å². The second-order valence-electron chi connectivity index (χ2n) is 3.54. The first-order valence-electron chi connectivity index (χ1n) is 4.60. The van der Waals surface area contributed by atoms with E-state index in [1.807, 2.05) is 0 Å². The van der Waals surface area contributed by atoms with Crippen molar-refractivity contribution >= 4 is 39.1 Å². The molecule has 0 heterocycles. The predicted molar refractivity (Wildman–Crippen MR) is 61.2 cm³/mol. The Bertz CT molecular complexity index is 153. The third-order valence-electron chi connectivity index (χ3n) is 2.38. The zero-order valence-corrected chi connectivity index (χ0v) is 10.8. The summed E-state index contributed by atoms with van der Waals surface area (Å²) >= 11 is 15.0. The van der Waals surface area contributed by atoms with Crippen molar-refractivity contribution in [1.82, 2.24) is 0 Å². The summed E-state index contributed by atoms with van der Waals surface area (Å²) in [5, 5.41) is 0. The van der Waals surface area contributed by atoms with E-state index in [2.05, 4.69) is 22.9 Å². The Kier molecular flexibility index (Phi) is 5.39. The van der Waals surface area contributed by atoms with E-state index in [0.717, 1.165) is 5.92 Å². The molecule has 0 aromatic carbocycles. The Hall–Kier alpha value is 1.02. The molecule has 1 rings (SSSR count). The van der Waals surface area contributed by atoms with E-state index in [9.17, 15) is 0 Å². The summed E-state index contributed by atoms with van der Waals surface area (Å²) in [7, 11) is 0. The van der Waals surface area contributed by atoms with Crippen molar-refractivity contribution in [2.24, 2.45) is 5.92 Å². The van der Waals surface area contributed by atoms with Crippen molar-refractivity contribution in [1.29, 1.82) is 0 Å². The molecule has 78 valence electrons. The van der Waals surface area contributed by atoms with Crippen LogP contribution in [-0.2, 0) is 4.74 Å². The molecule has 3 atom stereocenters. The van der Waals surface area contributed by atoms with E-state index in [1.165, 1.54) is 12.8 Å². The van der Waals surface area contributed by atoms with E-state index in [-0.39, 0.29) is 10.9 Å². The second kappa shape index (κ2) is 5.79. The minimum Gasteiger partial charge on any atom is -0.373 e. The standard InChI is InChI=1S/C9H15BrCl2O/c1-6(7-2-3-7)13-9(5-12)8(10)4-11/h6-9H,2-5H2,1H3. The Labute approximate surface area is 98.2 Å². The normalized spacial score (nSPS) is 24.0. The maximum Gasteiger partial charge on any atom is 0.0850 e. The second-order valence-corrected chi connectivity index (χ2v) is 5.34. The smallest absolute Gasteiger partial charge is 0.0850 e. The van der Waals surface area contributed by atoms with Gasteiger partial charge in [0.05, 0.1) is 17.0 Å². The fraction of sp³-hybridized carbons (Fsp3) is 1.00. The minimum absolute atomic E-state index is 0.0368. The Balaban J connectivity index is 2.28. The average Bonchev–Trinajstić information content (AvgIpc) is 2.95. The van der Waals surface area contributed by atoms with Crippen LogP contribution in [0.5, 0.6) is 0 Å². The highest BCUT2D eigenvalue weighted by molar-refractivity contribution is 9.09. The van der Waals surface area contributed by atoms with Crippen LogP contribution < -0.4 is 0 Å². The molecule has 0 amide bonds. The number of hydrogen-bond acceptors (Lipinski definition) is 1. The van der Waals surface area contributed by atoms with Gasteiger partial charge in [0.2, 0.25) is 0 Å². The molecule has 0 aliphatic heterocycles. The average molecular weight is 290 g/mol. The van der Waals surface area contributed by atoms with Crippen LogP contribution in [0.1, 0.15) is 19.8 Å². The first-order chi connectivity index (χ1) is 6.19. The van der Waals surface area contributed by atoms with Gasteiger partial charge in [-0.05, 0) is 25.7 Å². The van der Waals surface area contributed by atoms with Crippen molar-refractivity contribution in [2.45, 2.75) is 36.8 Å². The molecule has 1 fully saturated rings. The summed E-state index contributed by atoms with van der Waals surface area (Å²) in [4.78, 5) is 0.160. The van der Waals surface area contributed by atoms with Gasteiger partial charge in [0.15, 0.2) is 0 Å². The monoisotopic (exact) mass is 288 g/mol. The summed E-state index contributed by atoms with van der Waals surface area (Å²) in [6, 6.07) is 0. The Morgan fingerprint density at radius 2 is 2.00 bits per heavy atom. The predicted octanol–water partition coefficient (Wildman–Crippen LogP) is 3.41. The van der Waals surface area contributed by atoms with Gasteiger partial charge in [-0.1, -0.05) is 15.9 Å². The molecule has 0 N–H and O–H groups in total. The topological polar surface area (TPSA) is 9.23 Å². The molecule has 1 aliphatic rings. The molecule has 0 spiro atoms. The van der Waals surface area contributed by atoms with E-state index >= 15 is 0 Å². The van der Waals surface area contributed by atoms with Crippen LogP contribution in [0.25, 0.3) is 0 Å². The van der Waals surface area contributed by atoms with Crippen molar-refractivity contribution < 1.29 is 4.74 Å². The first-order valence-corrected chi connectivity index (χ1v) is 6.59. The highest BCUT2D eigenvalue weighted by atomic mass is 79.9. The zero-order chi connectivity index (χ0) is 9.84. The summed E-state index contributed by atoms with van der Waals surface area (Å²) in [6.45, 7) is 2.12. The number of ether oxygens (including phenoxy) is 1. The first kappa shape index (κ1) is 12.1. The van der Waals surface area contributed by atoms with Gasteiger partial charge in [-0.2, -0.15) is 0 Å². The number of rotatable bonds is 6. The third kappa shape index (κ3) is 3.94. The van der Waals surface area contributed by atoms with Gasteiger partial charge in [-0.15, -0.1) is 23.2 Å². The van der Waals surface area contributed by atoms with Crippen LogP contribution in [0.3, 0.4) is 0 Å². The van der Waals surface area contributed by atoms with Crippen LogP contribution in [0.4, 0.5) is 0 Å². The highest BCUT2D eigenvalue weighted by Gasteiger charge is 2.31. The lowest BCUT2D eigenvalue weighted by Gasteiger charge is -2.23. The Morgan fingerprint density at radius 1 is 1.38 bits per heavy atom. The van der Waals surface area contributed by atoms with E-state index in [4.69, 9.17) is 27.9 Å². The maximum atomic E-state index is 5.81. The lowest BCUT2D eigenvalue weighted by Crippen LogP contribution is -2.31. The van der Waals surface area contributed by atoms with Gasteiger partial charge in [-0.3, -0.25) is 0 Å². The quantitative estimate of drug-likeness (QED) is 0.681. The van der Waals surface area contributed by atoms with Gasteiger partial charge < -0.3 is 4.74 Å². The van der Waals surface area contributed by atoms with Crippen LogP contribution >= 0.6 is 39.1 Å². The fourth-order valence-corrected chi connectivity index (χ4v) is 2.28. The lowest BCUT2D eigenvalue weighted by molar-refractivity contribution is 0.00111. The zero-order valence-electron chi connectivity index (χ0n) is 7.68. The molecule has 3 unspecified atom stereocenters. The molecule has 0 saturated heterocycles. The molecule has 0 bridgehead atoms. The van der Waals surface area contributed by atoms with Crippen molar-refractivity contribution in [3.63, 3.8) is 0 Å². The summed E-state index contributed by atoms with van der Waals surface area (Å²) < 4.78 is 5.81. The molecule has 4 heteroatoms. The number of halogens is 3.